The molecule has 116 valence electrons. The summed E-state index contributed by atoms with van der Waals surface area (Å²) in [6.07, 6.45) is 3.40. The van der Waals surface area contributed by atoms with E-state index >= 15 is 0 Å². The van der Waals surface area contributed by atoms with Crippen molar-refractivity contribution < 1.29 is 4.79 Å². The van der Waals surface area contributed by atoms with Crippen LogP contribution >= 0.6 is 0 Å². The van der Waals surface area contributed by atoms with Crippen molar-refractivity contribution >= 4 is 17.7 Å². The molecule has 0 aliphatic heterocycles. The van der Waals surface area contributed by atoms with Crippen molar-refractivity contribution in [2.24, 2.45) is 0 Å². The van der Waals surface area contributed by atoms with Gasteiger partial charge in [0.05, 0.1) is 0 Å². The normalized spacial score (nSPS) is 10.1. The molecule has 0 atom stereocenters. The molecule has 0 bridgehead atoms. The Morgan fingerprint density at radius 1 is 1.27 bits per heavy atom. The van der Waals surface area contributed by atoms with Crippen molar-refractivity contribution in [2.45, 2.75) is 27.3 Å². The SMILES string of the molecule is CCNc1cc(CNC(=O)Nc2nc(C)ncc2C)ccn1. The van der Waals surface area contributed by atoms with Crippen molar-refractivity contribution in [1.29, 1.82) is 0 Å². The van der Waals surface area contributed by atoms with Gasteiger partial charge in [0.25, 0.3) is 0 Å². The van der Waals surface area contributed by atoms with Crippen LogP contribution in [0.3, 0.4) is 0 Å². The molecule has 0 unspecified atom stereocenters. The number of aromatic nitrogens is 3. The zero-order valence-corrected chi connectivity index (χ0v) is 13.0. The molecular weight excluding hydrogens is 280 g/mol. The van der Waals surface area contributed by atoms with Gasteiger partial charge in [-0.3, -0.25) is 5.32 Å². The predicted molar refractivity (Wildman–Crippen MR) is 85.8 cm³/mol. The van der Waals surface area contributed by atoms with Crippen molar-refractivity contribution in [3.63, 3.8) is 0 Å². The van der Waals surface area contributed by atoms with Gasteiger partial charge in [-0.05, 0) is 38.5 Å². The number of anilines is 2. The van der Waals surface area contributed by atoms with Crippen LogP contribution in [0.2, 0.25) is 0 Å². The van der Waals surface area contributed by atoms with Crippen LogP contribution in [-0.2, 0) is 6.54 Å². The molecule has 2 amide bonds. The molecule has 0 radical (unpaired) electrons. The van der Waals surface area contributed by atoms with Gasteiger partial charge >= 0.3 is 6.03 Å². The first-order valence-electron chi connectivity index (χ1n) is 7.12. The Hall–Kier alpha value is -2.70. The summed E-state index contributed by atoms with van der Waals surface area (Å²) in [7, 11) is 0. The van der Waals surface area contributed by atoms with Gasteiger partial charge in [-0.25, -0.2) is 19.7 Å². The quantitative estimate of drug-likeness (QED) is 0.787. The van der Waals surface area contributed by atoms with Gasteiger partial charge in [0.2, 0.25) is 0 Å². The highest BCUT2D eigenvalue weighted by Gasteiger charge is 2.06. The summed E-state index contributed by atoms with van der Waals surface area (Å²) in [4.78, 5) is 24.4. The zero-order chi connectivity index (χ0) is 15.9. The number of pyridine rings is 1. The number of urea groups is 1. The summed E-state index contributed by atoms with van der Waals surface area (Å²) in [6.45, 7) is 6.85. The molecule has 7 nitrogen and oxygen atoms in total. The van der Waals surface area contributed by atoms with Gasteiger partial charge in [0.1, 0.15) is 17.5 Å². The topological polar surface area (TPSA) is 91.8 Å². The largest absolute Gasteiger partial charge is 0.370 e. The second-order valence-electron chi connectivity index (χ2n) is 4.84. The molecule has 7 heteroatoms. The number of carbonyl (C=O) groups is 1. The maximum atomic E-state index is 11.9. The van der Waals surface area contributed by atoms with E-state index in [-0.39, 0.29) is 6.03 Å². The Morgan fingerprint density at radius 2 is 2.09 bits per heavy atom. The second-order valence-corrected chi connectivity index (χ2v) is 4.84. The molecule has 2 aromatic rings. The van der Waals surface area contributed by atoms with Crippen LogP contribution in [0.25, 0.3) is 0 Å². The van der Waals surface area contributed by atoms with Crippen LogP contribution in [0.15, 0.2) is 24.5 Å². The van der Waals surface area contributed by atoms with E-state index in [1.54, 1.807) is 19.3 Å². The minimum atomic E-state index is -0.303. The van der Waals surface area contributed by atoms with Gasteiger partial charge in [-0.1, -0.05) is 0 Å². The third-order valence-corrected chi connectivity index (χ3v) is 2.96. The van der Waals surface area contributed by atoms with Gasteiger partial charge in [-0.15, -0.1) is 0 Å². The van der Waals surface area contributed by atoms with E-state index in [2.05, 4.69) is 30.9 Å². The molecule has 0 aromatic carbocycles. The van der Waals surface area contributed by atoms with E-state index in [1.807, 2.05) is 26.0 Å². The summed E-state index contributed by atoms with van der Waals surface area (Å²) >= 11 is 0. The lowest BCUT2D eigenvalue weighted by molar-refractivity contribution is 0.251. The van der Waals surface area contributed by atoms with Gasteiger partial charge in [0.15, 0.2) is 0 Å². The van der Waals surface area contributed by atoms with E-state index in [0.717, 1.165) is 23.5 Å². The Bertz CT molecular complexity index is 658. The number of aryl methyl sites for hydroxylation is 2. The van der Waals surface area contributed by atoms with E-state index in [0.29, 0.717) is 18.2 Å². The summed E-state index contributed by atoms with van der Waals surface area (Å²) < 4.78 is 0. The van der Waals surface area contributed by atoms with Crippen LogP contribution in [0, 0.1) is 13.8 Å². The fraction of sp³-hybridized carbons (Fsp3) is 0.333. The lowest BCUT2D eigenvalue weighted by Crippen LogP contribution is -2.29. The molecule has 22 heavy (non-hydrogen) atoms. The molecule has 2 aromatic heterocycles. The number of rotatable bonds is 5. The third kappa shape index (κ3) is 4.41. The monoisotopic (exact) mass is 300 g/mol. The van der Waals surface area contributed by atoms with Crippen molar-refractivity contribution in [3.05, 3.63) is 41.5 Å². The van der Waals surface area contributed by atoms with Crippen molar-refractivity contribution in [1.82, 2.24) is 20.3 Å². The van der Waals surface area contributed by atoms with Crippen LogP contribution in [0.1, 0.15) is 23.9 Å². The van der Waals surface area contributed by atoms with E-state index < -0.39 is 0 Å². The summed E-state index contributed by atoms with van der Waals surface area (Å²) in [5.74, 6) is 1.93. The van der Waals surface area contributed by atoms with Crippen LogP contribution < -0.4 is 16.0 Å². The minimum absolute atomic E-state index is 0.303. The number of nitrogens with zero attached hydrogens (tertiary/aromatic N) is 3. The first-order valence-corrected chi connectivity index (χ1v) is 7.12. The first-order chi connectivity index (χ1) is 10.6. The molecule has 0 aliphatic rings. The van der Waals surface area contributed by atoms with Crippen molar-refractivity contribution in [2.75, 3.05) is 17.2 Å². The number of hydrogen-bond donors (Lipinski definition) is 3. The summed E-state index contributed by atoms with van der Waals surface area (Å²) in [6, 6.07) is 3.47. The molecule has 0 saturated heterocycles. The number of carbonyl (C=O) groups excluding carboxylic acids is 1. The van der Waals surface area contributed by atoms with Crippen LogP contribution in [-0.4, -0.2) is 27.5 Å². The Balaban J connectivity index is 1.92. The minimum Gasteiger partial charge on any atom is -0.370 e. The van der Waals surface area contributed by atoms with Gasteiger partial charge in [0, 0.05) is 31.0 Å². The first kappa shape index (κ1) is 15.7. The van der Waals surface area contributed by atoms with E-state index in [9.17, 15) is 4.79 Å². The lowest BCUT2D eigenvalue weighted by atomic mass is 10.2. The maximum absolute atomic E-state index is 11.9. The third-order valence-electron chi connectivity index (χ3n) is 2.96. The molecule has 3 N–H and O–H groups in total. The van der Waals surface area contributed by atoms with Crippen LogP contribution in [0.4, 0.5) is 16.4 Å². The molecule has 2 rings (SSSR count). The highest BCUT2D eigenvalue weighted by Crippen LogP contribution is 2.10. The van der Waals surface area contributed by atoms with E-state index in [1.165, 1.54) is 0 Å². The fourth-order valence-corrected chi connectivity index (χ4v) is 1.85. The molecule has 0 spiro atoms. The highest BCUT2D eigenvalue weighted by molar-refractivity contribution is 5.88. The fourth-order valence-electron chi connectivity index (χ4n) is 1.85. The number of nitrogens with one attached hydrogen (secondary N) is 3. The average Bonchev–Trinajstić information content (AvgIpc) is 2.50. The average molecular weight is 300 g/mol. The van der Waals surface area contributed by atoms with Crippen LogP contribution in [0.5, 0.6) is 0 Å². The lowest BCUT2D eigenvalue weighted by Gasteiger charge is -2.10. The predicted octanol–water partition coefficient (Wildman–Crippen LogP) is 2.24. The van der Waals surface area contributed by atoms with E-state index in [4.69, 9.17) is 0 Å². The molecule has 0 aliphatic carbocycles. The highest BCUT2D eigenvalue weighted by atomic mass is 16.2. The zero-order valence-electron chi connectivity index (χ0n) is 13.0. The summed E-state index contributed by atoms with van der Waals surface area (Å²) in [5.41, 5.74) is 1.79. The van der Waals surface area contributed by atoms with Crippen molar-refractivity contribution in [3.8, 4) is 0 Å². The molecule has 0 saturated carbocycles. The van der Waals surface area contributed by atoms with Gasteiger partial charge in [-0.2, -0.15) is 0 Å². The maximum Gasteiger partial charge on any atom is 0.320 e. The Labute approximate surface area is 129 Å². The molecule has 2 heterocycles. The number of hydrogen-bond acceptors (Lipinski definition) is 5. The molecule has 0 fully saturated rings. The number of amides is 2. The molecular formula is C15H20N6O. The summed E-state index contributed by atoms with van der Waals surface area (Å²) in [5, 5.41) is 8.66. The van der Waals surface area contributed by atoms with Gasteiger partial charge < -0.3 is 10.6 Å². The Morgan fingerprint density at radius 3 is 2.86 bits per heavy atom. The smallest absolute Gasteiger partial charge is 0.320 e. The second kappa shape index (κ2) is 7.35. The standard InChI is InChI=1S/C15H20N6O/c1-4-16-13-7-12(5-6-17-13)9-19-15(22)21-14-10(2)8-18-11(3)20-14/h5-8H,4,9H2,1-3H3,(H,16,17)(H2,18,19,20,21,22). The Kier molecular flexibility index (Phi) is 5.24.